The molecule has 2 heterocycles. The Labute approximate surface area is 150 Å². The quantitative estimate of drug-likeness (QED) is 0.890. The van der Waals surface area contributed by atoms with Gasteiger partial charge in [0.05, 0.1) is 12.8 Å². The number of carbonyl (C=O) groups excluding carboxylic acids is 1. The standard InChI is InChI=1S/C17H19ClN4O3/c1-21-16(23)6-4-13(20-21)17(24)19-12-7-8-22(10-12)14-9-11(18)3-5-15(14)25-2/h3-6,9,12H,7-8,10H2,1-2H3,(H,19,24). The third kappa shape index (κ3) is 3.76. The van der Waals surface area contributed by atoms with Gasteiger partial charge in [-0.25, -0.2) is 4.68 Å². The van der Waals surface area contributed by atoms with Crippen molar-refractivity contribution >= 4 is 23.2 Å². The fourth-order valence-electron chi connectivity index (χ4n) is 2.89. The van der Waals surface area contributed by atoms with Gasteiger partial charge in [0.1, 0.15) is 11.4 Å². The van der Waals surface area contributed by atoms with E-state index in [1.807, 2.05) is 12.1 Å². The van der Waals surface area contributed by atoms with E-state index in [0.717, 1.165) is 29.1 Å². The largest absolute Gasteiger partial charge is 0.495 e. The Morgan fingerprint density at radius 3 is 2.88 bits per heavy atom. The SMILES string of the molecule is COc1ccc(Cl)cc1N1CCC(NC(=O)c2ccc(=O)n(C)n2)C1. The number of methoxy groups -OCH3 is 1. The number of aryl methyl sites for hydroxylation is 1. The lowest BCUT2D eigenvalue weighted by Crippen LogP contribution is -2.38. The van der Waals surface area contributed by atoms with Crippen molar-refractivity contribution in [3.63, 3.8) is 0 Å². The highest BCUT2D eigenvalue weighted by Crippen LogP contribution is 2.33. The van der Waals surface area contributed by atoms with Crippen molar-refractivity contribution in [3.05, 3.63) is 51.4 Å². The zero-order valence-corrected chi connectivity index (χ0v) is 14.8. The molecule has 1 N–H and O–H groups in total. The Balaban J connectivity index is 1.69. The van der Waals surface area contributed by atoms with Crippen molar-refractivity contribution in [2.24, 2.45) is 7.05 Å². The van der Waals surface area contributed by atoms with E-state index in [1.54, 1.807) is 13.2 Å². The molecule has 0 aliphatic carbocycles. The Hall–Kier alpha value is -2.54. The average Bonchev–Trinajstić information content (AvgIpc) is 3.05. The zero-order valence-electron chi connectivity index (χ0n) is 14.0. The van der Waals surface area contributed by atoms with Gasteiger partial charge < -0.3 is 15.0 Å². The first-order valence-electron chi connectivity index (χ1n) is 7.91. The van der Waals surface area contributed by atoms with Crippen LogP contribution in [-0.4, -0.2) is 41.9 Å². The lowest BCUT2D eigenvalue weighted by atomic mass is 10.2. The first-order valence-corrected chi connectivity index (χ1v) is 8.29. The summed E-state index contributed by atoms with van der Waals surface area (Å²) in [6.45, 7) is 1.43. The highest BCUT2D eigenvalue weighted by Gasteiger charge is 2.26. The van der Waals surface area contributed by atoms with Crippen LogP contribution in [0, 0.1) is 0 Å². The molecule has 3 rings (SSSR count). The summed E-state index contributed by atoms with van der Waals surface area (Å²) >= 11 is 6.09. The van der Waals surface area contributed by atoms with Crippen LogP contribution >= 0.6 is 11.6 Å². The summed E-state index contributed by atoms with van der Waals surface area (Å²) in [5, 5.41) is 7.57. The van der Waals surface area contributed by atoms with Crippen LogP contribution in [-0.2, 0) is 7.05 Å². The Bertz CT molecular complexity index is 852. The molecule has 1 saturated heterocycles. The molecule has 0 saturated carbocycles. The predicted octanol–water partition coefficient (Wildman–Crippen LogP) is 1.45. The lowest BCUT2D eigenvalue weighted by Gasteiger charge is -2.21. The maximum atomic E-state index is 12.3. The summed E-state index contributed by atoms with van der Waals surface area (Å²) in [6, 6.07) is 8.22. The maximum absolute atomic E-state index is 12.3. The molecule has 132 valence electrons. The number of benzene rings is 1. The van der Waals surface area contributed by atoms with E-state index < -0.39 is 0 Å². The molecule has 0 radical (unpaired) electrons. The molecule has 1 aliphatic rings. The van der Waals surface area contributed by atoms with E-state index >= 15 is 0 Å². The third-order valence-corrected chi connectivity index (χ3v) is 4.43. The summed E-state index contributed by atoms with van der Waals surface area (Å²) < 4.78 is 6.54. The molecular formula is C17H19ClN4O3. The smallest absolute Gasteiger partial charge is 0.272 e. The van der Waals surface area contributed by atoms with Gasteiger partial charge in [-0.1, -0.05) is 11.6 Å². The number of aromatic nitrogens is 2. The van der Waals surface area contributed by atoms with Gasteiger partial charge in [-0.15, -0.1) is 0 Å². The van der Waals surface area contributed by atoms with Crippen molar-refractivity contribution in [1.29, 1.82) is 0 Å². The van der Waals surface area contributed by atoms with E-state index in [4.69, 9.17) is 16.3 Å². The first kappa shape index (κ1) is 17.3. The van der Waals surface area contributed by atoms with E-state index in [-0.39, 0.29) is 23.2 Å². The molecule has 0 bridgehead atoms. The van der Waals surface area contributed by atoms with Gasteiger partial charge in [0.2, 0.25) is 0 Å². The highest BCUT2D eigenvalue weighted by molar-refractivity contribution is 6.30. The molecule has 25 heavy (non-hydrogen) atoms. The highest BCUT2D eigenvalue weighted by atomic mass is 35.5. The third-order valence-electron chi connectivity index (χ3n) is 4.20. The van der Waals surface area contributed by atoms with Crippen LogP contribution in [0.15, 0.2) is 35.1 Å². The Kier molecular flexibility index (Phi) is 4.94. The molecule has 1 aliphatic heterocycles. The fourth-order valence-corrected chi connectivity index (χ4v) is 3.06. The fraction of sp³-hybridized carbons (Fsp3) is 0.353. The van der Waals surface area contributed by atoms with Gasteiger partial charge >= 0.3 is 0 Å². The molecule has 1 fully saturated rings. The van der Waals surface area contributed by atoms with Crippen LogP contribution in [0.25, 0.3) is 0 Å². The second kappa shape index (κ2) is 7.14. The minimum absolute atomic E-state index is 0.0183. The minimum Gasteiger partial charge on any atom is -0.495 e. The van der Waals surface area contributed by atoms with Crippen molar-refractivity contribution in [2.45, 2.75) is 12.5 Å². The number of amides is 1. The number of hydrogen-bond donors (Lipinski definition) is 1. The van der Waals surface area contributed by atoms with E-state index in [2.05, 4.69) is 15.3 Å². The van der Waals surface area contributed by atoms with Crippen molar-refractivity contribution in [1.82, 2.24) is 15.1 Å². The second-order valence-corrected chi connectivity index (χ2v) is 6.34. The normalized spacial score (nSPS) is 16.8. The summed E-state index contributed by atoms with van der Waals surface area (Å²) in [6.07, 6.45) is 0.799. The molecule has 1 aromatic heterocycles. The van der Waals surface area contributed by atoms with Gasteiger partial charge in [-0.2, -0.15) is 5.10 Å². The number of nitrogens with zero attached hydrogens (tertiary/aromatic N) is 3. The van der Waals surface area contributed by atoms with Crippen molar-refractivity contribution in [3.8, 4) is 5.75 Å². The summed E-state index contributed by atoms with van der Waals surface area (Å²) in [4.78, 5) is 25.8. The van der Waals surface area contributed by atoms with Crippen molar-refractivity contribution < 1.29 is 9.53 Å². The lowest BCUT2D eigenvalue weighted by molar-refractivity contribution is 0.0933. The molecule has 0 spiro atoms. The molecule has 1 atom stereocenters. The van der Waals surface area contributed by atoms with Gasteiger partial charge in [0.25, 0.3) is 11.5 Å². The summed E-state index contributed by atoms with van der Waals surface area (Å²) in [5.74, 6) is 0.455. The van der Waals surface area contributed by atoms with Gasteiger partial charge in [-0.05, 0) is 30.7 Å². The van der Waals surface area contributed by atoms with Gasteiger partial charge in [-0.3, -0.25) is 9.59 Å². The molecule has 7 nitrogen and oxygen atoms in total. The monoisotopic (exact) mass is 362 g/mol. The number of rotatable bonds is 4. The number of nitrogens with one attached hydrogen (secondary N) is 1. The predicted molar refractivity (Wildman–Crippen MR) is 95.6 cm³/mol. The Morgan fingerprint density at radius 2 is 2.16 bits per heavy atom. The number of halogens is 1. The van der Waals surface area contributed by atoms with Gasteiger partial charge in [0, 0.05) is 37.3 Å². The van der Waals surface area contributed by atoms with Crippen LogP contribution in [0.3, 0.4) is 0 Å². The molecule has 1 amide bonds. The first-order chi connectivity index (χ1) is 12.0. The molecule has 8 heteroatoms. The average molecular weight is 363 g/mol. The second-order valence-electron chi connectivity index (χ2n) is 5.90. The van der Waals surface area contributed by atoms with Crippen LogP contribution in [0.5, 0.6) is 5.75 Å². The van der Waals surface area contributed by atoms with Crippen LogP contribution in [0.1, 0.15) is 16.9 Å². The maximum Gasteiger partial charge on any atom is 0.272 e. The van der Waals surface area contributed by atoms with Crippen LogP contribution in [0.4, 0.5) is 5.69 Å². The summed E-state index contributed by atoms with van der Waals surface area (Å²) in [5.41, 5.74) is 0.879. The van der Waals surface area contributed by atoms with Gasteiger partial charge in [0.15, 0.2) is 0 Å². The van der Waals surface area contributed by atoms with Crippen LogP contribution < -0.4 is 20.5 Å². The van der Waals surface area contributed by atoms with E-state index in [9.17, 15) is 9.59 Å². The number of anilines is 1. The van der Waals surface area contributed by atoms with E-state index in [0.29, 0.717) is 11.6 Å². The Morgan fingerprint density at radius 1 is 1.36 bits per heavy atom. The zero-order chi connectivity index (χ0) is 18.0. The summed E-state index contributed by atoms with van der Waals surface area (Å²) in [7, 11) is 3.13. The molecule has 2 aromatic rings. The molecule has 1 unspecified atom stereocenters. The molecule has 1 aromatic carbocycles. The number of ether oxygens (including phenoxy) is 1. The molecular weight excluding hydrogens is 344 g/mol. The van der Waals surface area contributed by atoms with Crippen LogP contribution in [0.2, 0.25) is 5.02 Å². The number of hydrogen-bond acceptors (Lipinski definition) is 5. The minimum atomic E-state index is -0.291. The van der Waals surface area contributed by atoms with E-state index in [1.165, 1.54) is 19.2 Å². The number of carbonyl (C=O) groups is 1. The van der Waals surface area contributed by atoms with Crippen molar-refractivity contribution in [2.75, 3.05) is 25.1 Å². The topological polar surface area (TPSA) is 76.5 Å².